The summed E-state index contributed by atoms with van der Waals surface area (Å²) < 4.78 is 15.5. The van der Waals surface area contributed by atoms with Gasteiger partial charge in [0.15, 0.2) is 0 Å². The summed E-state index contributed by atoms with van der Waals surface area (Å²) in [5, 5.41) is 6.72. The van der Waals surface area contributed by atoms with Crippen molar-refractivity contribution in [2.45, 2.75) is 13.5 Å². The van der Waals surface area contributed by atoms with E-state index in [0.717, 1.165) is 6.07 Å². The molecule has 0 radical (unpaired) electrons. The maximum atomic E-state index is 13.9. The summed E-state index contributed by atoms with van der Waals surface area (Å²) in [7, 11) is 0. The van der Waals surface area contributed by atoms with Crippen molar-refractivity contribution in [1.82, 2.24) is 19.7 Å². The number of nitrogens with zero attached hydrogens (tertiary/aromatic N) is 3. The highest BCUT2D eigenvalue weighted by atomic mass is 19.1. The molecule has 0 unspecified atom stereocenters. The minimum Gasteiger partial charge on any atom is -0.319 e. The first-order chi connectivity index (χ1) is 11.5. The number of hydrogen-bond donors (Lipinski definition) is 2. The van der Waals surface area contributed by atoms with Crippen LogP contribution in [0.2, 0.25) is 0 Å². The summed E-state index contributed by atoms with van der Waals surface area (Å²) in [6.45, 7) is 2.61. The Bertz CT molecular complexity index is 927. The van der Waals surface area contributed by atoms with Crippen LogP contribution in [0.5, 0.6) is 0 Å². The number of aromatic nitrogens is 4. The molecule has 3 rings (SSSR count). The molecule has 0 saturated heterocycles. The molecule has 2 N–H and O–H groups in total. The Balaban J connectivity index is 1.88. The van der Waals surface area contributed by atoms with E-state index in [1.54, 1.807) is 10.9 Å². The summed E-state index contributed by atoms with van der Waals surface area (Å²) >= 11 is 0. The highest BCUT2D eigenvalue weighted by Crippen LogP contribution is 2.21. The Morgan fingerprint density at radius 3 is 2.79 bits per heavy atom. The molecule has 2 heterocycles. The van der Waals surface area contributed by atoms with E-state index < -0.39 is 17.4 Å². The largest absolute Gasteiger partial charge is 0.344 e. The molecule has 0 aliphatic rings. The lowest BCUT2D eigenvalue weighted by atomic mass is 10.0. The van der Waals surface area contributed by atoms with Crippen LogP contribution in [0.15, 0.2) is 47.8 Å². The number of carbonyl (C=O) groups is 1. The fourth-order valence-electron chi connectivity index (χ4n) is 2.19. The van der Waals surface area contributed by atoms with E-state index in [2.05, 4.69) is 20.4 Å². The van der Waals surface area contributed by atoms with Crippen molar-refractivity contribution in [3.63, 3.8) is 0 Å². The van der Waals surface area contributed by atoms with E-state index in [1.165, 1.54) is 30.7 Å². The number of amides is 1. The fourth-order valence-corrected chi connectivity index (χ4v) is 2.19. The Labute approximate surface area is 136 Å². The number of anilines is 1. The van der Waals surface area contributed by atoms with Gasteiger partial charge in [0.1, 0.15) is 5.82 Å². The molecular formula is C16H14FN5O2. The van der Waals surface area contributed by atoms with Gasteiger partial charge in [-0.15, -0.1) is 0 Å². The van der Waals surface area contributed by atoms with Crippen molar-refractivity contribution in [2.75, 3.05) is 5.32 Å². The number of hydrogen-bond acceptors (Lipinski definition) is 4. The molecule has 0 fully saturated rings. The van der Waals surface area contributed by atoms with Crippen LogP contribution in [0.3, 0.4) is 0 Å². The third-order valence-corrected chi connectivity index (χ3v) is 3.38. The van der Waals surface area contributed by atoms with Crippen LogP contribution in [0.1, 0.15) is 17.3 Å². The van der Waals surface area contributed by atoms with E-state index in [0.29, 0.717) is 23.4 Å². The minimum atomic E-state index is -0.562. The monoisotopic (exact) mass is 327 g/mol. The predicted octanol–water partition coefficient (Wildman–Crippen LogP) is 2.04. The van der Waals surface area contributed by atoms with Crippen LogP contribution >= 0.6 is 0 Å². The Kier molecular flexibility index (Phi) is 4.19. The van der Waals surface area contributed by atoms with Crippen molar-refractivity contribution in [3.05, 3.63) is 64.9 Å². The Hall–Kier alpha value is -3.29. The third-order valence-electron chi connectivity index (χ3n) is 3.38. The second-order valence-corrected chi connectivity index (χ2v) is 5.07. The van der Waals surface area contributed by atoms with Crippen molar-refractivity contribution in [1.29, 1.82) is 0 Å². The zero-order valence-electron chi connectivity index (χ0n) is 12.8. The number of H-pyrrole nitrogens is 1. The van der Waals surface area contributed by atoms with Crippen LogP contribution in [0, 0.1) is 5.82 Å². The molecule has 0 aliphatic carbocycles. The van der Waals surface area contributed by atoms with Crippen LogP contribution < -0.4 is 11.0 Å². The minimum absolute atomic E-state index is 0.153. The molecular weight excluding hydrogens is 313 g/mol. The molecule has 0 spiro atoms. The summed E-state index contributed by atoms with van der Waals surface area (Å²) in [4.78, 5) is 29.3. The third kappa shape index (κ3) is 3.37. The molecule has 0 aliphatic heterocycles. The van der Waals surface area contributed by atoms with E-state index in [1.807, 2.05) is 6.92 Å². The molecule has 0 bridgehead atoms. The van der Waals surface area contributed by atoms with Gasteiger partial charge in [0.05, 0.1) is 11.9 Å². The van der Waals surface area contributed by atoms with Gasteiger partial charge >= 0.3 is 5.69 Å². The normalized spacial score (nSPS) is 10.6. The number of rotatable bonds is 4. The smallest absolute Gasteiger partial charge is 0.319 e. The highest BCUT2D eigenvalue weighted by molar-refractivity contribution is 6.04. The van der Waals surface area contributed by atoms with Crippen LogP contribution in [0.4, 0.5) is 10.1 Å². The van der Waals surface area contributed by atoms with Gasteiger partial charge < -0.3 is 10.3 Å². The molecule has 8 heteroatoms. The van der Waals surface area contributed by atoms with Crippen molar-refractivity contribution in [3.8, 4) is 11.1 Å². The predicted molar refractivity (Wildman–Crippen MR) is 86.1 cm³/mol. The lowest BCUT2D eigenvalue weighted by molar-refractivity contribution is 0.102. The Morgan fingerprint density at radius 1 is 1.29 bits per heavy atom. The maximum absolute atomic E-state index is 13.9. The number of benzene rings is 1. The van der Waals surface area contributed by atoms with Gasteiger partial charge in [-0.2, -0.15) is 5.10 Å². The van der Waals surface area contributed by atoms with Gasteiger partial charge in [-0.1, -0.05) is 0 Å². The zero-order valence-corrected chi connectivity index (χ0v) is 12.8. The van der Waals surface area contributed by atoms with Crippen molar-refractivity contribution < 1.29 is 9.18 Å². The summed E-state index contributed by atoms with van der Waals surface area (Å²) in [6.07, 6.45) is 5.94. The first kappa shape index (κ1) is 15.6. The SMILES string of the molecule is CCn1cc(NC(=O)c2cc(F)cc(-c3cnc(=O)[nH]c3)c2)cn1. The van der Waals surface area contributed by atoms with Gasteiger partial charge in [0.25, 0.3) is 5.91 Å². The number of nitrogens with one attached hydrogen (secondary N) is 2. The van der Waals surface area contributed by atoms with E-state index in [9.17, 15) is 14.0 Å². The van der Waals surface area contributed by atoms with Crippen LogP contribution in [-0.4, -0.2) is 25.7 Å². The van der Waals surface area contributed by atoms with E-state index in [-0.39, 0.29) is 5.56 Å². The van der Waals surface area contributed by atoms with Gasteiger partial charge in [0, 0.05) is 36.3 Å². The van der Waals surface area contributed by atoms with Crippen molar-refractivity contribution in [2.24, 2.45) is 0 Å². The van der Waals surface area contributed by atoms with Crippen LogP contribution in [-0.2, 0) is 6.54 Å². The second-order valence-electron chi connectivity index (χ2n) is 5.07. The average molecular weight is 327 g/mol. The average Bonchev–Trinajstić information content (AvgIpc) is 3.02. The summed E-state index contributed by atoms with van der Waals surface area (Å²) in [5.74, 6) is -1.02. The van der Waals surface area contributed by atoms with E-state index >= 15 is 0 Å². The van der Waals surface area contributed by atoms with E-state index in [4.69, 9.17) is 0 Å². The fraction of sp³-hybridized carbons (Fsp3) is 0.125. The highest BCUT2D eigenvalue weighted by Gasteiger charge is 2.11. The zero-order chi connectivity index (χ0) is 17.1. The van der Waals surface area contributed by atoms with Gasteiger partial charge in [0.2, 0.25) is 0 Å². The molecule has 1 aromatic carbocycles. The summed E-state index contributed by atoms with van der Waals surface area (Å²) in [6, 6.07) is 3.93. The number of carbonyl (C=O) groups excluding carboxylic acids is 1. The van der Waals surface area contributed by atoms with Gasteiger partial charge in [-0.25, -0.2) is 14.2 Å². The molecule has 122 valence electrons. The maximum Gasteiger partial charge on any atom is 0.344 e. The van der Waals surface area contributed by atoms with Crippen LogP contribution in [0.25, 0.3) is 11.1 Å². The second kappa shape index (κ2) is 6.45. The Morgan fingerprint density at radius 2 is 2.12 bits per heavy atom. The lowest BCUT2D eigenvalue weighted by Crippen LogP contribution is -2.12. The molecule has 7 nitrogen and oxygen atoms in total. The first-order valence-electron chi connectivity index (χ1n) is 7.24. The molecule has 3 aromatic rings. The number of halogens is 1. The molecule has 0 saturated carbocycles. The molecule has 0 atom stereocenters. The first-order valence-corrected chi connectivity index (χ1v) is 7.24. The number of aromatic amines is 1. The summed E-state index contributed by atoms with van der Waals surface area (Å²) in [5.41, 5.74) is 1.12. The molecule has 2 aromatic heterocycles. The molecule has 24 heavy (non-hydrogen) atoms. The molecule has 1 amide bonds. The van der Waals surface area contributed by atoms with Crippen molar-refractivity contribution >= 4 is 11.6 Å². The number of aryl methyl sites for hydroxylation is 1. The van der Waals surface area contributed by atoms with Gasteiger partial charge in [-0.3, -0.25) is 9.48 Å². The topological polar surface area (TPSA) is 92.7 Å². The van der Waals surface area contributed by atoms with Gasteiger partial charge in [-0.05, 0) is 30.7 Å². The standard InChI is InChI=1S/C16H14FN5O2/c1-2-22-9-14(8-20-22)21-15(23)11-3-10(4-13(17)5-11)12-6-18-16(24)19-7-12/h3-9H,2H2,1H3,(H,21,23)(H,18,19,24). The quantitative estimate of drug-likeness (QED) is 0.767. The lowest BCUT2D eigenvalue weighted by Gasteiger charge is -2.06.